The maximum absolute atomic E-state index is 6.19. The van der Waals surface area contributed by atoms with Gasteiger partial charge in [-0.2, -0.15) is 0 Å². The number of hydrogen-bond acceptors (Lipinski definition) is 2. The van der Waals surface area contributed by atoms with Crippen LogP contribution in [-0.2, 0) is 11.3 Å². The molecule has 1 aliphatic heterocycles. The zero-order chi connectivity index (χ0) is 13.7. The summed E-state index contributed by atoms with van der Waals surface area (Å²) >= 11 is 12.4. The number of alkyl halides is 2. The highest BCUT2D eigenvalue weighted by atomic mass is 35.5. The monoisotopic (exact) mass is 310 g/mol. The summed E-state index contributed by atoms with van der Waals surface area (Å²) in [7, 11) is 0. The number of hydrogen-bond donors (Lipinski definition) is 0. The molecule has 0 bridgehead atoms. The number of rotatable bonds is 3. The van der Waals surface area contributed by atoms with Gasteiger partial charge in [-0.15, -0.1) is 23.2 Å². The Bertz CT molecular complexity index is 646. The molecule has 1 saturated heterocycles. The zero-order valence-corrected chi connectivity index (χ0v) is 12.6. The Morgan fingerprint density at radius 1 is 1.35 bits per heavy atom. The Morgan fingerprint density at radius 3 is 2.85 bits per heavy atom. The van der Waals surface area contributed by atoms with Crippen molar-refractivity contribution in [1.29, 1.82) is 0 Å². The Hall–Kier alpha value is -0.770. The third-order valence-corrected chi connectivity index (χ3v) is 5.19. The number of imidazole rings is 1. The van der Waals surface area contributed by atoms with Crippen molar-refractivity contribution in [1.82, 2.24) is 9.55 Å². The van der Waals surface area contributed by atoms with Crippen LogP contribution in [0.3, 0.4) is 0 Å². The van der Waals surface area contributed by atoms with E-state index in [1.807, 2.05) is 18.2 Å². The number of ether oxygens (including phenoxy) is 1. The van der Waals surface area contributed by atoms with E-state index in [4.69, 9.17) is 32.9 Å². The Balaban J connectivity index is 1.76. The molecule has 0 spiro atoms. The van der Waals surface area contributed by atoms with Crippen LogP contribution in [-0.4, -0.2) is 20.5 Å². The van der Waals surface area contributed by atoms with Crippen molar-refractivity contribution in [2.75, 3.05) is 6.61 Å². The zero-order valence-electron chi connectivity index (χ0n) is 11.1. The van der Waals surface area contributed by atoms with Crippen molar-refractivity contribution >= 4 is 34.2 Å². The van der Waals surface area contributed by atoms with E-state index >= 15 is 0 Å². The average Bonchev–Trinajstić information content (AvgIpc) is 2.87. The molecular formula is C15H16Cl2N2O. The summed E-state index contributed by atoms with van der Waals surface area (Å²) in [4.78, 5) is 4.78. The fraction of sp³-hybridized carbons (Fsp3) is 0.533. The summed E-state index contributed by atoms with van der Waals surface area (Å²) in [6, 6.07) is 8.21. The maximum atomic E-state index is 6.19. The van der Waals surface area contributed by atoms with E-state index in [1.165, 1.54) is 0 Å². The van der Waals surface area contributed by atoms with Gasteiger partial charge in [-0.1, -0.05) is 12.1 Å². The predicted molar refractivity (Wildman–Crippen MR) is 80.2 cm³/mol. The molecule has 5 heteroatoms. The number of benzene rings is 1. The number of halogens is 2. The van der Waals surface area contributed by atoms with Crippen molar-refractivity contribution in [3.05, 3.63) is 30.1 Å². The van der Waals surface area contributed by atoms with Crippen LogP contribution < -0.4 is 0 Å². The molecule has 0 N–H and O–H groups in total. The highest BCUT2D eigenvalue weighted by Crippen LogP contribution is 2.54. The minimum atomic E-state index is -0.556. The van der Waals surface area contributed by atoms with Crippen LogP contribution in [0.4, 0.5) is 0 Å². The number of aromatic nitrogens is 2. The van der Waals surface area contributed by atoms with Crippen LogP contribution in [0, 0.1) is 5.92 Å². The van der Waals surface area contributed by atoms with Gasteiger partial charge in [0.25, 0.3) is 0 Å². The summed E-state index contributed by atoms with van der Waals surface area (Å²) in [5.74, 6) is 1.34. The van der Waals surface area contributed by atoms with E-state index in [2.05, 4.69) is 10.6 Å². The highest BCUT2D eigenvalue weighted by molar-refractivity contribution is 6.50. The van der Waals surface area contributed by atoms with Crippen LogP contribution in [0.1, 0.15) is 31.2 Å². The van der Waals surface area contributed by atoms with Crippen LogP contribution in [0.5, 0.6) is 0 Å². The standard InChI is InChI=1S/C15H16Cl2N2O/c16-15(17)8-10(15)9-19-12-5-2-1-4-11(12)18-14(19)13-6-3-7-20-13/h1-2,4-5,10,13H,3,6-9H2. The summed E-state index contributed by atoms with van der Waals surface area (Å²) < 4.78 is 7.51. The van der Waals surface area contributed by atoms with Crippen molar-refractivity contribution in [3.63, 3.8) is 0 Å². The number of para-hydroxylation sites is 2. The van der Waals surface area contributed by atoms with E-state index in [-0.39, 0.29) is 6.10 Å². The maximum Gasteiger partial charge on any atom is 0.139 e. The molecule has 3 nitrogen and oxygen atoms in total. The van der Waals surface area contributed by atoms with Gasteiger partial charge in [0.2, 0.25) is 0 Å². The first kappa shape index (κ1) is 12.9. The second-order valence-electron chi connectivity index (χ2n) is 5.73. The van der Waals surface area contributed by atoms with Gasteiger partial charge in [-0.25, -0.2) is 4.98 Å². The third kappa shape index (κ3) is 2.12. The first-order valence-electron chi connectivity index (χ1n) is 7.10. The Kier molecular flexibility index (Phi) is 2.99. The molecule has 106 valence electrons. The number of fused-ring (bicyclic) bond motifs is 1. The molecule has 1 aromatic carbocycles. The molecule has 0 amide bonds. The molecule has 20 heavy (non-hydrogen) atoms. The topological polar surface area (TPSA) is 27.1 Å². The summed E-state index contributed by atoms with van der Waals surface area (Å²) in [5.41, 5.74) is 2.17. The van der Waals surface area contributed by atoms with Crippen molar-refractivity contribution < 1.29 is 4.74 Å². The normalized spacial score (nSPS) is 28.1. The Morgan fingerprint density at radius 2 is 2.15 bits per heavy atom. The van der Waals surface area contributed by atoms with E-state index in [0.717, 1.165) is 49.3 Å². The molecular weight excluding hydrogens is 295 g/mol. The molecule has 1 aromatic heterocycles. The van der Waals surface area contributed by atoms with Gasteiger partial charge in [-0.3, -0.25) is 0 Å². The van der Waals surface area contributed by atoms with Gasteiger partial charge >= 0.3 is 0 Å². The van der Waals surface area contributed by atoms with Gasteiger partial charge in [0.15, 0.2) is 0 Å². The summed E-state index contributed by atoms with van der Waals surface area (Å²) in [5, 5.41) is 0. The summed E-state index contributed by atoms with van der Waals surface area (Å²) in [6.07, 6.45) is 3.11. The lowest BCUT2D eigenvalue weighted by Gasteiger charge is -2.13. The van der Waals surface area contributed by atoms with Gasteiger partial charge in [0.05, 0.1) is 11.0 Å². The molecule has 0 radical (unpaired) electrons. The minimum Gasteiger partial charge on any atom is -0.370 e. The smallest absolute Gasteiger partial charge is 0.139 e. The second-order valence-corrected chi connectivity index (χ2v) is 7.28. The van der Waals surface area contributed by atoms with Crippen LogP contribution in [0.2, 0.25) is 0 Å². The van der Waals surface area contributed by atoms with E-state index < -0.39 is 4.33 Å². The average molecular weight is 311 g/mol. The van der Waals surface area contributed by atoms with Gasteiger partial charge < -0.3 is 9.30 Å². The van der Waals surface area contributed by atoms with Crippen molar-refractivity contribution in [2.24, 2.45) is 5.92 Å². The summed E-state index contributed by atoms with van der Waals surface area (Å²) in [6.45, 7) is 1.65. The first-order valence-corrected chi connectivity index (χ1v) is 7.85. The first-order chi connectivity index (χ1) is 9.65. The van der Waals surface area contributed by atoms with E-state index in [9.17, 15) is 0 Å². The lowest BCUT2D eigenvalue weighted by molar-refractivity contribution is 0.102. The predicted octanol–water partition coefficient (Wildman–Crippen LogP) is 4.08. The Labute approximate surface area is 127 Å². The minimum absolute atomic E-state index is 0.112. The largest absolute Gasteiger partial charge is 0.370 e. The molecule has 4 rings (SSSR count). The SMILES string of the molecule is ClC1(Cl)CC1Cn1c(C2CCCO2)nc2ccccc21. The van der Waals surface area contributed by atoms with Crippen LogP contribution in [0.25, 0.3) is 11.0 Å². The van der Waals surface area contributed by atoms with Gasteiger partial charge in [0, 0.05) is 19.1 Å². The molecule has 1 saturated carbocycles. The van der Waals surface area contributed by atoms with Crippen LogP contribution >= 0.6 is 23.2 Å². The molecule has 1 aliphatic carbocycles. The second kappa shape index (κ2) is 4.62. The van der Waals surface area contributed by atoms with Crippen molar-refractivity contribution in [2.45, 2.75) is 36.2 Å². The number of nitrogens with zero attached hydrogens (tertiary/aromatic N) is 2. The fourth-order valence-electron chi connectivity index (χ4n) is 3.00. The van der Waals surface area contributed by atoms with Crippen LogP contribution in [0.15, 0.2) is 24.3 Å². The lowest BCUT2D eigenvalue weighted by atomic mass is 10.2. The molecule has 2 unspecified atom stereocenters. The highest BCUT2D eigenvalue weighted by Gasteiger charge is 2.52. The lowest BCUT2D eigenvalue weighted by Crippen LogP contribution is -2.11. The van der Waals surface area contributed by atoms with Gasteiger partial charge in [-0.05, 0) is 31.4 Å². The molecule has 2 fully saturated rings. The molecule has 2 aromatic rings. The van der Waals surface area contributed by atoms with Gasteiger partial charge in [0.1, 0.15) is 16.3 Å². The van der Waals surface area contributed by atoms with Crippen molar-refractivity contribution in [3.8, 4) is 0 Å². The quantitative estimate of drug-likeness (QED) is 0.799. The molecule has 2 atom stereocenters. The molecule has 2 aliphatic rings. The van der Waals surface area contributed by atoms with E-state index in [0.29, 0.717) is 5.92 Å². The van der Waals surface area contributed by atoms with E-state index in [1.54, 1.807) is 0 Å². The fourth-order valence-corrected chi connectivity index (χ4v) is 3.51. The molecule has 2 heterocycles. The third-order valence-electron chi connectivity index (χ3n) is 4.26.